The Balaban J connectivity index is 2.47. The molecule has 0 atom stereocenters. The van der Waals surface area contributed by atoms with Gasteiger partial charge in [-0.2, -0.15) is 0 Å². The lowest BCUT2D eigenvalue weighted by molar-refractivity contribution is -0.130. The largest absolute Gasteiger partial charge is 0.319 e. The first kappa shape index (κ1) is 7.98. The fraction of sp³-hybridized carbons (Fsp3) is 0.500. The molecule has 0 radical (unpaired) electrons. The summed E-state index contributed by atoms with van der Waals surface area (Å²) in [5.74, 6) is 0.120. The van der Waals surface area contributed by atoms with Crippen LogP contribution >= 0.6 is 0 Å². The molecule has 11 heavy (non-hydrogen) atoms. The smallest absolute Gasteiger partial charge is 0.226 e. The van der Waals surface area contributed by atoms with Gasteiger partial charge in [0.2, 0.25) is 5.91 Å². The van der Waals surface area contributed by atoms with Crippen molar-refractivity contribution in [1.29, 1.82) is 0 Å². The summed E-state index contributed by atoms with van der Waals surface area (Å²) in [7, 11) is 0. The Morgan fingerprint density at radius 1 is 1.36 bits per heavy atom. The van der Waals surface area contributed by atoms with E-state index in [9.17, 15) is 9.59 Å². The van der Waals surface area contributed by atoms with Crippen molar-refractivity contribution in [2.45, 2.75) is 19.3 Å². The summed E-state index contributed by atoms with van der Waals surface area (Å²) < 4.78 is 0. The molecule has 1 saturated heterocycles. The first-order chi connectivity index (χ1) is 5.34. The summed E-state index contributed by atoms with van der Waals surface area (Å²) in [6.45, 7) is 0.753. The third kappa shape index (κ3) is 2.18. The van der Waals surface area contributed by atoms with E-state index in [2.05, 4.69) is 0 Å². The topological polar surface area (TPSA) is 37.4 Å². The molecule has 0 N–H and O–H groups in total. The molecule has 0 spiro atoms. The van der Waals surface area contributed by atoms with E-state index in [-0.39, 0.29) is 5.91 Å². The molecule has 3 heteroatoms. The van der Waals surface area contributed by atoms with Gasteiger partial charge >= 0.3 is 0 Å². The summed E-state index contributed by atoms with van der Waals surface area (Å²) >= 11 is 0. The molecule has 1 aliphatic heterocycles. The van der Waals surface area contributed by atoms with E-state index in [0.717, 1.165) is 19.4 Å². The average Bonchev–Trinajstić information content (AvgIpc) is 2.03. The number of hydrogen-bond acceptors (Lipinski definition) is 2. The number of hydrogen-bond donors (Lipinski definition) is 0. The zero-order valence-corrected chi connectivity index (χ0v) is 6.32. The van der Waals surface area contributed by atoms with Crippen LogP contribution in [0, 0.1) is 0 Å². The number of carbonyl (C=O) groups is 2. The van der Waals surface area contributed by atoms with E-state index < -0.39 is 0 Å². The van der Waals surface area contributed by atoms with Gasteiger partial charge in [-0.1, -0.05) is 0 Å². The minimum Gasteiger partial charge on any atom is -0.319 e. The van der Waals surface area contributed by atoms with Crippen LogP contribution in [0.2, 0.25) is 0 Å². The number of nitrogens with zero attached hydrogens (tertiary/aromatic N) is 1. The summed E-state index contributed by atoms with van der Waals surface area (Å²) in [5, 5.41) is 0. The molecule has 0 unspecified atom stereocenters. The third-order valence-electron chi connectivity index (χ3n) is 1.70. The van der Waals surface area contributed by atoms with Crippen molar-refractivity contribution in [2.75, 3.05) is 6.54 Å². The zero-order chi connectivity index (χ0) is 8.10. The highest BCUT2D eigenvalue weighted by molar-refractivity contribution is 5.78. The highest BCUT2D eigenvalue weighted by Crippen LogP contribution is 2.09. The molecule has 0 aliphatic carbocycles. The predicted molar refractivity (Wildman–Crippen MR) is 40.8 cm³/mol. The standard InChI is InChI=1S/C8H11NO2/c10-7-3-6-9-5-2-1-4-8(9)11/h3,6-7H,1-2,4-5H2/b6-3+. The SMILES string of the molecule is O=C/C=C/N1CCCCC1=O. The Kier molecular flexibility index (Phi) is 2.83. The van der Waals surface area contributed by atoms with Crippen LogP contribution in [0.5, 0.6) is 0 Å². The molecule has 0 aromatic carbocycles. The summed E-state index contributed by atoms with van der Waals surface area (Å²) in [4.78, 5) is 22.6. The summed E-state index contributed by atoms with van der Waals surface area (Å²) in [6, 6.07) is 0. The second-order valence-corrected chi connectivity index (χ2v) is 2.52. The van der Waals surface area contributed by atoms with Gasteiger partial charge < -0.3 is 4.90 Å². The predicted octanol–water partition coefficient (Wildman–Crippen LogP) is 0.712. The van der Waals surface area contributed by atoms with Crippen LogP contribution in [0.3, 0.4) is 0 Å². The van der Waals surface area contributed by atoms with Gasteiger partial charge in [0.05, 0.1) is 0 Å². The van der Waals surface area contributed by atoms with E-state index in [0.29, 0.717) is 12.7 Å². The highest BCUT2D eigenvalue weighted by atomic mass is 16.2. The summed E-state index contributed by atoms with van der Waals surface area (Å²) in [5.41, 5.74) is 0. The molecule has 1 fully saturated rings. The molecule has 1 rings (SSSR count). The van der Waals surface area contributed by atoms with Crippen molar-refractivity contribution < 1.29 is 9.59 Å². The first-order valence-corrected chi connectivity index (χ1v) is 3.76. The monoisotopic (exact) mass is 153 g/mol. The minimum absolute atomic E-state index is 0.120. The molecular formula is C8H11NO2. The molecule has 1 heterocycles. The van der Waals surface area contributed by atoms with Crippen LogP contribution in [-0.4, -0.2) is 23.6 Å². The van der Waals surface area contributed by atoms with Gasteiger partial charge in [0.1, 0.15) is 6.29 Å². The molecule has 1 aliphatic rings. The lowest BCUT2D eigenvalue weighted by atomic mass is 10.1. The maximum absolute atomic E-state index is 11.1. The van der Waals surface area contributed by atoms with Crippen molar-refractivity contribution in [3.63, 3.8) is 0 Å². The summed E-state index contributed by atoms with van der Waals surface area (Å²) in [6.07, 6.45) is 6.21. The lowest BCUT2D eigenvalue weighted by Gasteiger charge is -2.22. The maximum atomic E-state index is 11.1. The Hall–Kier alpha value is -1.12. The fourth-order valence-corrected chi connectivity index (χ4v) is 1.12. The van der Waals surface area contributed by atoms with E-state index in [4.69, 9.17) is 0 Å². The van der Waals surface area contributed by atoms with E-state index in [1.54, 1.807) is 11.1 Å². The van der Waals surface area contributed by atoms with Crippen molar-refractivity contribution >= 4 is 12.2 Å². The lowest BCUT2D eigenvalue weighted by Crippen LogP contribution is -2.30. The molecular weight excluding hydrogens is 142 g/mol. The van der Waals surface area contributed by atoms with Gasteiger partial charge in [-0.15, -0.1) is 0 Å². The van der Waals surface area contributed by atoms with Crippen molar-refractivity contribution in [1.82, 2.24) is 4.90 Å². The number of likely N-dealkylation sites (tertiary alicyclic amines) is 1. The van der Waals surface area contributed by atoms with E-state index in [1.807, 2.05) is 0 Å². The van der Waals surface area contributed by atoms with Crippen LogP contribution in [0.25, 0.3) is 0 Å². The van der Waals surface area contributed by atoms with Crippen molar-refractivity contribution in [2.24, 2.45) is 0 Å². The van der Waals surface area contributed by atoms with E-state index in [1.165, 1.54) is 6.08 Å². The second-order valence-electron chi connectivity index (χ2n) is 2.52. The maximum Gasteiger partial charge on any atom is 0.226 e. The Morgan fingerprint density at radius 2 is 2.18 bits per heavy atom. The molecule has 0 aromatic rings. The molecule has 0 saturated carbocycles. The zero-order valence-electron chi connectivity index (χ0n) is 6.32. The van der Waals surface area contributed by atoms with Gasteiger partial charge in [0.25, 0.3) is 0 Å². The quantitative estimate of drug-likeness (QED) is 0.433. The van der Waals surface area contributed by atoms with Gasteiger partial charge in [-0.05, 0) is 18.9 Å². The van der Waals surface area contributed by atoms with Crippen LogP contribution in [0.4, 0.5) is 0 Å². The average molecular weight is 153 g/mol. The highest BCUT2D eigenvalue weighted by Gasteiger charge is 2.14. The van der Waals surface area contributed by atoms with E-state index >= 15 is 0 Å². The van der Waals surface area contributed by atoms with Crippen LogP contribution in [0.15, 0.2) is 12.3 Å². The minimum atomic E-state index is 0.120. The molecule has 60 valence electrons. The van der Waals surface area contributed by atoms with Gasteiger partial charge in [-0.25, -0.2) is 0 Å². The third-order valence-corrected chi connectivity index (χ3v) is 1.70. The molecule has 0 aromatic heterocycles. The fourth-order valence-electron chi connectivity index (χ4n) is 1.12. The van der Waals surface area contributed by atoms with Gasteiger partial charge in [0, 0.05) is 19.2 Å². The Labute approximate surface area is 65.7 Å². The number of rotatable bonds is 2. The van der Waals surface area contributed by atoms with Gasteiger partial charge in [-0.3, -0.25) is 9.59 Å². The number of piperidine rings is 1. The van der Waals surface area contributed by atoms with Crippen LogP contribution in [0.1, 0.15) is 19.3 Å². The molecule has 3 nitrogen and oxygen atoms in total. The Bertz CT molecular complexity index is 187. The van der Waals surface area contributed by atoms with Crippen molar-refractivity contribution in [3.8, 4) is 0 Å². The van der Waals surface area contributed by atoms with Crippen molar-refractivity contribution in [3.05, 3.63) is 12.3 Å². The first-order valence-electron chi connectivity index (χ1n) is 3.76. The molecule has 0 bridgehead atoms. The van der Waals surface area contributed by atoms with Gasteiger partial charge in [0.15, 0.2) is 0 Å². The van der Waals surface area contributed by atoms with Crippen LogP contribution in [-0.2, 0) is 9.59 Å². The number of amides is 1. The number of carbonyl (C=O) groups excluding carboxylic acids is 2. The van der Waals surface area contributed by atoms with Crippen LogP contribution < -0.4 is 0 Å². The normalized spacial score (nSPS) is 19.3. The number of allylic oxidation sites excluding steroid dienone is 1. The Morgan fingerprint density at radius 3 is 2.82 bits per heavy atom. The molecule has 1 amide bonds. The second kappa shape index (κ2) is 3.91. The number of aldehydes is 1.